The lowest BCUT2D eigenvalue weighted by Gasteiger charge is -2.19. The van der Waals surface area contributed by atoms with Gasteiger partial charge in [-0.3, -0.25) is 4.79 Å². The first-order chi connectivity index (χ1) is 12.8. The number of nitrogens with one attached hydrogen (secondary N) is 3. The number of carbonyl (C=O) groups excluding carboxylic acids is 1. The zero-order valence-corrected chi connectivity index (χ0v) is 16.4. The van der Waals surface area contributed by atoms with E-state index < -0.39 is 0 Å². The van der Waals surface area contributed by atoms with E-state index in [0.717, 1.165) is 17.0 Å². The van der Waals surface area contributed by atoms with Crippen LogP contribution in [0.15, 0.2) is 28.5 Å². The summed E-state index contributed by atoms with van der Waals surface area (Å²) in [5, 5.41) is 14.5. The molecule has 3 N–H and O–H groups in total. The van der Waals surface area contributed by atoms with Crippen LogP contribution in [0, 0.1) is 0 Å². The molecule has 0 aliphatic carbocycles. The number of hydrogen-bond acceptors (Lipinski definition) is 8. The van der Waals surface area contributed by atoms with E-state index in [1.165, 1.54) is 11.8 Å². The fourth-order valence-electron chi connectivity index (χ4n) is 2.27. The van der Waals surface area contributed by atoms with Crippen LogP contribution in [0.1, 0.15) is 33.3 Å². The van der Waals surface area contributed by atoms with Gasteiger partial charge in [0.25, 0.3) is 0 Å². The Morgan fingerprint density at radius 1 is 1.33 bits per heavy atom. The number of carbonyl (C=O) groups is 1. The van der Waals surface area contributed by atoms with Crippen molar-refractivity contribution in [1.29, 1.82) is 0 Å². The minimum absolute atomic E-state index is 0.0662. The first kappa shape index (κ1) is 19.0. The highest BCUT2D eigenvalue weighted by Gasteiger charge is 2.15. The van der Waals surface area contributed by atoms with Gasteiger partial charge in [-0.2, -0.15) is 10.1 Å². The van der Waals surface area contributed by atoms with Gasteiger partial charge in [-0.25, -0.2) is 10.5 Å². The number of ether oxygens (including phenoxy) is 2. The van der Waals surface area contributed by atoms with E-state index in [2.05, 4.69) is 31.0 Å². The Kier molecular flexibility index (Phi) is 5.54. The number of nitrogens with zero attached hydrogens (tertiary/aromatic N) is 3. The molecule has 144 valence electrons. The topological polar surface area (TPSA) is 114 Å². The number of anilines is 1. The maximum Gasteiger partial charge on any atom is 0.240 e. The van der Waals surface area contributed by atoms with Gasteiger partial charge < -0.3 is 14.8 Å². The summed E-state index contributed by atoms with van der Waals surface area (Å²) in [6, 6.07) is 5.63. The molecule has 0 bridgehead atoms. The number of fused-ring (bicyclic) bond motifs is 1. The Balaban J connectivity index is 1.54. The highest BCUT2D eigenvalue weighted by atomic mass is 32.2. The molecule has 9 nitrogen and oxygen atoms in total. The lowest BCUT2D eigenvalue weighted by atomic mass is 10.1. The zero-order valence-electron chi connectivity index (χ0n) is 15.6. The Bertz CT molecular complexity index is 859. The predicted molar refractivity (Wildman–Crippen MR) is 103 cm³/mol. The quantitative estimate of drug-likeness (QED) is 0.394. The third-order valence-electron chi connectivity index (χ3n) is 3.43. The molecule has 0 saturated carbocycles. The SMILES string of the molecule is C/C(=N/Nc1nc(SCC(=O)NC(C)(C)C)n[nH]1)c1ccc2c(c1)OCO2. The summed E-state index contributed by atoms with van der Waals surface area (Å²) in [7, 11) is 0. The van der Waals surface area contributed by atoms with Crippen molar-refractivity contribution in [3.05, 3.63) is 23.8 Å². The van der Waals surface area contributed by atoms with Crippen molar-refractivity contribution < 1.29 is 14.3 Å². The van der Waals surface area contributed by atoms with Gasteiger partial charge in [-0.1, -0.05) is 11.8 Å². The van der Waals surface area contributed by atoms with Gasteiger partial charge in [-0.05, 0) is 45.9 Å². The van der Waals surface area contributed by atoms with Gasteiger partial charge in [0, 0.05) is 11.1 Å². The number of aromatic amines is 1. The van der Waals surface area contributed by atoms with Crippen molar-refractivity contribution in [2.75, 3.05) is 18.0 Å². The first-order valence-corrected chi connectivity index (χ1v) is 9.35. The molecule has 0 atom stereocenters. The van der Waals surface area contributed by atoms with Crippen molar-refractivity contribution >= 4 is 29.3 Å². The van der Waals surface area contributed by atoms with Crippen LogP contribution in [-0.4, -0.2) is 44.9 Å². The summed E-state index contributed by atoms with van der Waals surface area (Å²) >= 11 is 1.25. The lowest BCUT2D eigenvalue weighted by Crippen LogP contribution is -2.41. The molecule has 0 spiro atoms. The molecular formula is C17H22N6O3S. The highest BCUT2D eigenvalue weighted by Crippen LogP contribution is 2.32. The molecule has 2 aromatic rings. The van der Waals surface area contributed by atoms with Crippen molar-refractivity contribution in [3.63, 3.8) is 0 Å². The van der Waals surface area contributed by atoms with Gasteiger partial charge in [0.2, 0.25) is 23.8 Å². The second-order valence-electron chi connectivity index (χ2n) is 6.93. The van der Waals surface area contributed by atoms with Gasteiger partial charge >= 0.3 is 0 Å². The third-order valence-corrected chi connectivity index (χ3v) is 4.28. The maximum absolute atomic E-state index is 11.8. The molecule has 1 aromatic heterocycles. The minimum Gasteiger partial charge on any atom is -0.454 e. The summed E-state index contributed by atoms with van der Waals surface area (Å²) in [6.07, 6.45) is 0. The maximum atomic E-state index is 11.8. The summed E-state index contributed by atoms with van der Waals surface area (Å²) in [4.78, 5) is 16.1. The van der Waals surface area contributed by atoms with Crippen molar-refractivity contribution in [2.24, 2.45) is 5.10 Å². The number of amides is 1. The standard InChI is InChI=1S/C17H22N6O3S/c1-10(11-5-6-12-13(7-11)26-9-25-12)20-21-15-18-16(23-22-15)27-8-14(24)19-17(2,3)4/h5-7H,8-9H2,1-4H3,(H,19,24)(H2,18,21,22,23)/b20-10-. The molecule has 1 aromatic carbocycles. The molecule has 2 heterocycles. The zero-order chi connectivity index (χ0) is 19.4. The molecule has 27 heavy (non-hydrogen) atoms. The molecule has 10 heteroatoms. The molecule has 1 amide bonds. The van der Waals surface area contributed by atoms with Crippen molar-refractivity contribution in [1.82, 2.24) is 20.5 Å². The minimum atomic E-state index is -0.260. The first-order valence-electron chi connectivity index (χ1n) is 8.37. The molecule has 0 saturated heterocycles. The summed E-state index contributed by atoms with van der Waals surface area (Å²) in [5.41, 5.74) is 4.23. The van der Waals surface area contributed by atoms with Gasteiger partial charge in [0.1, 0.15) is 0 Å². The second-order valence-corrected chi connectivity index (χ2v) is 7.87. The van der Waals surface area contributed by atoms with Crippen LogP contribution in [-0.2, 0) is 4.79 Å². The third kappa shape index (κ3) is 5.36. The summed E-state index contributed by atoms with van der Waals surface area (Å²) in [5.74, 6) is 2.01. The van der Waals surface area contributed by atoms with Crippen LogP contribution in [0.3, 0.4) is 0 Å². The molecule has 3 rings (SSSR count). The van der Waals surface area contributed by atoms with Crippen LogP contribution in [0.2, 0.25) is 0 Å². The number of aromatic nitrogens is 3. The lowest BCUT2D eigenvalue weighted by molar-refractivity contribution is -0.119. The van der Waals surface area contributed by atoms with Crippen LogP contribution in [0.5, 0.6) is 11.5 Å². The number of hydrogen-bond donors (Lipinski definition) is 3. The fourth-order valence-corrected chi connectivity index (χ4v) is 2.87. The molecular weight excluding hydrogens is 368 g/mol. The van der Waals surface area contributed by atoms with Crippen molar-refractivity contribution in [3.8, 4) is 11.5 Å². The van der Waals surface area contributed by atoms with Crippen LogP contribution in [0.25, 0.3) is 0 Å². The normalized spacial score (nSPS) is 13.6. The fraction of sp³-hybridized carbons (Fsp3) is 0.412. The molecule has 1 aliphatic heterocycles. The molecule has 0 radical (unpaired) electrons. The van der Waals surface area contributed by atoms with Crippen LogP contribution < -0.4 is 20.2 Å². The summed E-state index contributed by atoms with van der Waals surface area (Å²) < 4.78 is 10.7. The van der Waals surface area contributed by atoms with Gasteiger partial charge in [-0.15, -0.1) is 5.10 Å². The van der Waals surface area contributed by atoms with E-state index >= 15 is 0 Å². The van der Waals surface area contributed by atoms with E-state index in [4.69, 9.17) is 9.47 Å². The van der Waals surface area contributed by atoms with E-state index in [1.54, 1.807) is 0 Å². The Morgan fingerprint density at radius 3 is 2.89 bits per heavy atom. The number of benzene rings is 1. The van der Waals surface area contributed by atoms with Crippen molar-refractivity contribution in [2.45, 2.75) is 38.4 Å². The van der Waals surface area contributed by atoms with E-state index in [-0.39, 0.29) is 24.0 Å². The van der Waals surface area contributed by atoms with E-state index in [1.807, 2.05) is 45.9 Å². The average Bonchev–Trinajstić information content (AvgIpc) is 3.24. The number of thioether (sulfide) groups is 1. The highest BCUT2D eigenvalue weighted by molar-refractivity contribution is 7.99. The molecule has 1 aliphatic rings. The van der Waals surface area contributed by atoms with Crippen LogP contribution in [0.4, 0.5) is 5.95 Å². The number of hydrazone groups is 1. The smallest absolute Gasteiger partial charge is 0.240 e. The predicted octanol–water partition coefficient (Wildman–Crippen LogP) is 2.38. The van der Waals surface area contributed by atoms with E-state index in [9.17, 15) is 4.79 Å². The Morgan fingerprint density at radius 2 is 2.11 bits per heavy atom. The van der Waals surface area contributed by atoms with Gasteiger partial charge in [0.15, 0.2) is 11.5 Å². The number of rotatable bonds is 6. The largest absolute Gasteiger partial charge is 0.454 e. The summed E-state index contributed by atoms with van der Waals surface area (Å²) in [6.45, 7) is 7.91. The number of H-pyrrole nitrogens is 1. The van der Waals surface area contributed by atoms with Crippen LogP contribution >= 0.6 is 11.8 Å². The van der Waals surface area contributed by atoms with E-state index in [0.29, 0.717) is 16.9 Å². The average molecular weight is 390 g/mol. The molecule has 0 fully saturated rings. The Hall–Kier alpha value is -2.75. The monoisotopic (exact) mass is 390 g/mol. The van der Waals surface area contributed by atoms with Gasteiger partial charge in [0.05, 0.1) is 11.5 Å². The Labute approximate surface area is 161 Å². The molecule has 0 unspecified atom stereocenters. The second kappa shape index (κ2) is 7.87.